The zero-order valence-corrected chi connectivity index (χ0v) is 8.92. The molecule has 14 heavy (non-hydrogen) atoms. The molecule has 0 bridgehead atoms. The highest BCUT2D eigenvalue weighted by Crippen LogP contribution is 2.08. The number of carboxylic acids is 1. The van der Waals surface area contributed by atoms with Crippen LogP contribution in [0.1, 0.15) is 58.3 Å². The summed E-state index contributed by atoms with van der Waals surface area (Å²) < 4.78 is 0. The van der Waals surface area contributed by atoms with E-state index in [1.165, 1.54) is 25.7 Å². The number of hydrogen-bond acceptors (Lipinski definition) is 2. The van der Waals surface area contributed by atoms with Crippen LogP contribution in [-0.2, 0) is 9.59 Å². The first kappa shape index (κ1) is 13.1. The highest BCUT2D eigenvalue weighted by atomic mass is 16.4. The van der Waals surface area contributed by atoms with Gasteiger partial charge in [0.15, 0.2) is 0 Å². The molecule has 0 aliphatic rings. The normalized spacial score (nSPS) is 10.1. The first-order chi connectivity index (χ1) is 6.68. The van der Waals surface area contributed by atoms with Gasteiger partial charge in [0.25, 0.3) is 0 Å². The molecule has 0 aromatic rings. The molecular formula is C11H20O3. The van der Waals surface area contributed by atoms with E-state index < -0.39 is 11.8 Å². The molecule has 0 aliphatic heterocycles. The van der Waals surface area contributed by atoms with Crippen molar-refractivity contribution < 1.29 is 14.7 Å². The molecule has 0 atom stereocenters. The average Bonchev–Trinajstić information content (AvgIpc) is 2.16. The van der Waals surface area contributed by atoms with Crippen LogP contribution in [0.25, 0.3) is 0 Å². The summed E-state index contributed by atoms with van der Waals surface area (Å²) in [4.78, 5) is 20.8. The maximum absolute atomic E-state index is 10.7. The second-order valence-electron chi connectivity index (χ2n) is 3.60. The van der Waals surface area contributed by atoms with Gasteiger partial charge in [-0.05, 0) is 6.42 Å². The molecule has 0 radical (unpaired) electrons. The summed E-state index contributed by atoms with van der Waals surface area (Å²) in [7, 11) is 0. The van der Waals surface area contributed by atoms with Crippen molar-refractivity contribution in [3.8, 4) is 0 Å². The van der Waals surface area contributed by atoms with Gasteiger partial charge >= 0.3 is 5.97 Å². The van der Waals surface area contributed by atoms with Gasteiger partial charge in [-0.2, -0.15) is 0 Å². The zero-order chi connectivity index (χ0) is 10.8. The highest BCUT2D eigenvalue weighted by molar-refractivity contribution is 6.32. The van der Waals surface area contributed by atoms with Crippen molar-refractivity contribution in [2.45, 2.75) is 58.3 Å². The van der Waals surface area contributed by atoms with Crippen LogP contribution in [0.5, 0.6) is 0 Å². The Labute approximate surface area is 85.5 Å². The number of carboxylic acid groups (broad SMARTS) is 1. The van der Waals surface area contributed by atoms with Crippen LogP contribution in [0.15, 0.2) is 0 Å². The van der Waals surface area contributed by atoms with Gasteiger partial charge in [0.05, 0.1) is 0 Å². The van der Waals surface area contributed by atoms with Gasteiger partial charge in [-0.3, -0.25) is 4.79 Å². The average molecular weight is 200 g/mol. The third kappa shape index (κ3) is 7.77. The summed E-state index contributed by atoms with van der Waals surface area (Å²) in [5, 5.41) is 8.31. The fourth-order valence-electron chi connectivity index (χ4n) is 1.35. The van der Waals surface area contributed by atoms with Gasteiger partial charge in [0.1, 0.15) is 0 Å². The van der Waals surface area contributed by atoms with Crippen molar-refractivity contribution in [2.75, 3.05) is 0 Å². The van der Waals surface area contributed by atoms with E-state index >= 15 is 0 Å². The van der Waals surface area contributed by atoms with Gasteiger partial charge in [0, 0.05) is 6.42 Å². The minimum Gasteiger partial charge on any atom is -0.476 e. The molecule has 0 fully saturated rings. The molecule has 0 aromatic heterocycles. The lowest BCUT2D eigenvalue weighted by molar-refractivity contribution is -0.149. The van der Waals surface area contributed by atoms with Crippen molar-refractivity contribution in [3.63, 3.8) is 0 Å². The SMILES string of the molecule is CCCCCCCCCC(=O)C(=O)O. The Morgan fingerprint density at radius 3 is 1.93 bits per heavy atom. The van der Waals surface area contributed by atoms with Gasteiger partial charge in [-0.1, -0.05) is 45.4 Å². The van der Waals surface area contributed by atoms with Crippen LogP contribution in [0.4, 0.5) is 0 Å². The molecule has 0 heterocycles. The largest absolute Gasteiger partial charge is 0.476 e. The van der Waals surface area contributed by atoms with E-state index in [0.717, 1.165) is 19.3 Å². The Kier molecular flexibility index (Phi) is 8.19. The monoisotopic (exact) mass is 200 g/mol. The number of ketones is 1. The quantitative estimate of drug-likeness (QED) is 0.460. The molecular weight excluding hydrogens is 180 g/mol. The second-order valence-corrected chi connectivity index (χ2v) is 3.60. The smallest absolute Gasteiger partial charge is 0.372 e. The van der Waals surface area contributed by atoms with E-state index in [4.69, 9.17) is 5.11 Å². The zero-order valence-electron chi connectivity index (χ0n) is 8.92. The molecule has 3 nitrogen and oxygen atoms in total. The summed E-state index contributed by atoms with van der Waals surface area (Å²) in [5.41, 5.74) is 0. The Morgan fingerprint density at radius 2 is 1.43 bits per heavy atom. The summed E-state index contributed by atoms with van der Waals surface area (Å²) in [6.45, 7) is 2.17. The van der Waals surface area contributed by atoms with Gasteiger partial charge in [-0.15, -0.1) is 0 Å². The molecule has 0 unspecified atom stereocenters. The lowest BCUT2D eigenvalue weighted by Gasteiger charge is -1.99. The minimum absolute atomic E-state index is 0.198. The van der Waals surface area contributed by atoms with Crippen LogP contribution >= 0.6 is 0 Å². The summed E-state index contributed by atoms with van der Waals surface area (Å²) >= 11 is 0. The molecule has 82 valence electrons. The Bertz CT molecular complexity index is 175. The standard InChI is InChI=1S/C11H20O3/c1-2-3-4-5-6-7-8-9-10(12)11(13)14/h2-9H2,1H3,(H,13,14). The van der Waals surface area contributed by atoms with Crippen LogP contribution in [-0.4, -0.2) is 16.9 Å². The molecule has 0 saturated carbocycles. The Morgan fingerprint density at radius 1 is 0.929 bits per heavy atom. The molecule has 0 amide bonds. The lowest BCUT2D eigenvalue weighted by Crippen LogP contribution is -2.11. The minimum atomic E-state index is -1.30. The van der Waals surface area contributed by atoms with Crippen LogP contribution in [0, 0.1) is 0 Å². The van der Waals surface area contributed by atoms with Gasteiger partial charge in [0.2, 0.25) is 5.78 Å². The fourth-order valence-corrected chi connectivity index (χ4v) is 1.35. The van der Waals surface area contributed by atoms with Crippen molar-refractivity contribution in [3.05, 3.63) is 0 Å². The maximum Gasteiger partial charge on any atom is 0.372 e. The maximum atomic E-state index is 10.7. The first-order valence-corrected chi connectivity index (χ1v) is 5.44. The van der Waals surface area contributed by atoms with E-state index in [1.807, 2.05) is 0 Å². The number of rotatable bonds is 9. The summed E-state index contributed by atoms with van der Waals surface area (Å²) in [5.74, 6) is -1.95. The summed E-state index contributed by atoms with van der Waals surface area (Å²) in [6, 6.07) is 0. The number of hydrogen-bond donors (Lipinski definition) is 1. The molecule has 1 N–H and O–H groups in total. The third-order valence-electron chi connectivity index (χ3n) is 2.25. The first-order valence-electron chi connectivity index (χ1n) is 5.44. The van der Waals surface area contributed by atoms with Crippen molar-refractivity contribution >= 4 is 11.8 Å². The Balaban J connectivity index is 3.13. The number of aliphatic carboxylic acids is 1. The molecule has 0 saturated heterocycles. The van der Waals surface area contributed by atoms with Crippen molar-refractivity contribution in [2.24, 2.45) is 0 Å². The Hall–Kier alpha value is -0.860. The van der Waals surface area contributed by atoms with Gasteiger partial charge < -0.3 is 5.11 Å². The lowest BCUT2D eigenvalue weighted by atomic mass is 10.1. The molecule has 0 rings (SSSR count). The number of unbranched alkanes of at least 4 members (excludes halogenated alkanes) is 6. The van der Waals surface area contributed by atoms with Crippen molar-refractivity contribution in [1.29, 1.82) is 0 Å². The van der Waals surface area contributed by atoms with E-state index in [0.29, 0.717) is 0 Å². The van der Waals surface area contributed by atoms with E-state index in [1.54, 1.807) is 0 Å². The predicted octanol–water partition coefficient (Wildman–Crippen LogP) is 2.78. The predicted molar refractivity (Wildman–Crippen MR) is 55.3 cm³/mol. The van der Waals surface area contributed by atoms with Gasteiger partial charge in [-0.25, -0.2) is 4.79 Å². The van der Waals surface area contributed by atoms with Crippen LogP contribution in [0.3, 0.4) is 0 Å². The number of carbonyl (C=O) groups excluding carboxylic acids is 1. The highest BCUT2D eigenvalue weighted by Gasteiger charge is 2.09. The fraction of sp³-hybridized carbons (Fsp3) is 0.818. The van der Waals surface area contributed by atoms with E-state index in [-0.39, 0.29) is 6.42 Å². The molecule has 0 spiro atoms. The van der Waals surface area contributed by atoms with E-state index in [2.05, 4.69) is 6.92 Å². The van der Waals surface area contributed by atoms with Crippen molar-refractivity contribution in [1.82, 2.24) is 0 Å². The number of carbonyl (C=O) groups is 2. The van der Waals surface area contributed by atoms with Crippen LogP contribution < -0.4 is 0 Å². The molecule has 0 aliphatic carbocycles. The molecule has 0 aromatic carbocycles. The molecule has 3 heteroatoms. The third-order valence-corrected chi connectivity index (χ3v) is 2.25. The van der Waals surface area contributed by atoms with E-state index in [9.17, 15) is 9.59 Å². The number of Topliss-reactive ketones (excluding diaryl/α,β-unsaturated/α-hetero) is 1. The summed E-state index contributed by atoms with van der Waals surface area (Å²) in [6.07, 6.45) is 7.97. The second kappa shape index (κ2) is 8.73. The van der Waals surface area contributed by atoms with Crippen LogP contribution in [0.2, 0.25) is 0 Å². The topological polar surface area (TPSA) is 54.4 Å².